The van der Waals surface area contributed by atoms with Crippen LogP contribution >= 0.6 is 11.3 Å². The third-order valence-corrected chi connectivity index (χ3v) is 4.89. The van der Waals surface area contributed by atoms with Gasteiger partial charge < -0.3 is 10.1 Å². The highest BCUT2D eigenvalue weighted by Gasteiger charge is 2.45. The fraction of sp³-hybridized carbons (Fsp3) is 0.412. The predicted molar refractivity (Wildman–Crippen MR) is 88.4 cm³/mol. The molecule has 5 heteroatoms. The number of cyclic esters (lactones) is 1. The van der Waals surface area contributed by atoms with Crippen LogP contribution in [0.25, 0.3) is 0 Å². The van der Waals surface area contributed by atoms with Gasteiger partial charge in [-0.05, 0) is 32.4 Å². The molecule has 22 heavy (non-hydrogen) atoms. The number of ether oxygens (including phenoxy) is 1. The summed E-state index contributed by atoms with van der Waals surface area (Å²) in [6, 6.07) is 8.17. The van der Waals surface area contributed by atoms with Crippen LogP contribution in [-0.4, -0.2) is 11.0 Å². The highest BCUT2D eigenvalue weighted by Crippen LogP contribution is 2.41. The maximum Gasteiger partial charge on any atom is 0.310 e. The van der Waals surface area contributed by atoms with Gasteiger partial charge in [0.15, 0.2) is 10.7 Å². The summed E-state index contributed by atoms with van der Waals surface area (Å²) in [5, 5.41) is 6.09. The number of hydrogen-bond acceptors (Lipinski definition) is 5. The topological polar surface area (TPSA) is 51.2 Å². The minimum Gasteiger partial charge on any atom is -0.453 e. The lowest BCUT2D eigenvalue weighted by Gasteiger charge is -2.19. The zero-order chi connectivity index (χ0) is 15.7. The van der Waals surface area contributed by atoms with Crippen LogP contribution in [0.3, 0.4) is 0 Å². The molecule has 0 bridgehead atoms. The molecule has 3 rings (SSSR count). The molecule has 0 aliphatic carbocycles. The normalized spacial score (nSPS) is 24.3. The number of anilines is 2. The summed E-state index contributed by atoms with van der Waals surface area (Å²) >= 11 is 1.53. The Bertz CT molecular complexity index is 680. The summed E-state index contributed by atoms with van der Waals surface area (Å²) in [6.07, 6.45) is 1.52. The third-order valence-electron chi connectivity index (χ3n) is 4.14. The molecule has 2 atom stereocenters. The van der Waals surface area contributed by atoms with E-state index in [0.29, 0.717) is 6.42 Å². The molecule has 116 valence electrons. The monoisotopic (exact) mass is 316 g/mol. The summed E-state index contributed by atoms with van der Waals surface area (Å²) in [4.78, 5) is 16.5. The van der Waals surface area contributed by atoms with Gasteiger partial charge >= 0.3 is 5.97 Å². The van der Waals surface area contributed by atoms with Crippen LogP contribution in [0.1, 0.15) is 37.9 Å². The van der Waals surface area contributed by atoms with E-state index >= 15 is 0 Å². The lowest BCUT2D eigenvalue weighted by Crippen LogP contribution is -2.21. The predicted octanol–water partition coefficient (Wildman–Crippen LogP) is 4.38. The number of carbonyl (C=O) groups excluding carboxylic acids is 1. The molecule has 1 aromatic heterocycles. The quantitative estimate of drug-likeness (QED) is 0.850. The molecule has 1 aliphatic rings. The van der Waals surface area contributed by atoms with Gasteiger partial charge in [0.2, 0.25) is 0 Å². The average molecular weight is 316 g/mol. The number of hydrogen-bond donors (Lipinski definition) is 1. The van der Waals surface area contributed by atoms with Gasteiger partial charge in [0.25, 0.3) is 0 Å². The van der Waals surface area contributed by atoms with E-state index in [9.17, 15) is 4.79 Å². The minimum atomic E-state index is -0.596. The zero-order valence-corrected chi connectivity index (χ0v) is 13.9. The number of carbonyl (C=O) groups is 1. The highest BCUT2D eigenvalue weighted by molar-refractivity contribution is 7.13. The van der Waals surface area contributed by atoms with E-state index < -0.39 is 5.60 Å². The summed E-state index contributed by atoms with van der Waals surface area (Å²) < 4.78 is 5.60. The second-order valence-corrected chi connectivity index (χ2v) is 6.85. The Morgan fingerprint density at radius 2 is 2.14 bits per heavy atom. The Morgan fingerprint density at radius 1 is 1.41 bits per heavy atom. The van der Waals surface area contributed by atoms with Crippen LogP contribution in [0, 0.1) is 12.8 Å². The van der Waals surface area contributed by atoms with Gasteiger partial charge in [-0.25, -0.2) is 4.98 Å². The largest absolute Gasteiger partial charge is 0.453 e. The van der Waals surface area contributed by atoms with E-state index in [1.165, 1.54) is 16.9 Å². The number of esters is 1. The molecule has 1 aromatic carbocycles. The third kappa shape index (κ3) is 2.86. The van der Waals surface area contributed by atoms with Crippen LogP contribution in [0.5, 0.6) is 0 Å². The van der Waals surface area contributed by atoms with Crippen molar-refractivity contribution >= 4 is 28.1 Å². The second kappa shape index (κ2) is 5.72. The zero-order valence-electron chi connectivity index (χ0n) is 13.1. The number of nitrogens with one attached hydrogen (secondary N) is 1. The van der Waals surface area contributed by atoms with Gasteiger partial charge in [-0.1, -0.05) is 24.6 Å². The first-order valence-electron chi connectivity index (χ1n) is 7.53. The van der Waals surface area contributed by atoms with Crippen LogP contribution in [-0.2, 0) is 15.1 Å². The molecule has 0 amide bonds. The van der Waals surface area contributed by atoms with E-state index in [1.807, 2.05) is 31.4 Å². The van der Waals surface area contributed by atoms with Crippen molar-refractivity contribution in [2.45, 2.75) is 39.2 Å². The Labute approximate surface area is 134 Å². The molecule has 0 unspecified atom stereocenters. The van der Waals surface area contributed by atoms with Crippen molar-refractivity contribution in [1.29, 1.82) is 0 Å². The molecule has 1 fully saturated rings. The van der Waals surface area contributed by atoms with Crippen molar-refractivity contribution in [2.24, 2.45) is 5.92 Å². The summed E-state index contributed by atoms with van der Waals surface area (Å²) in [5.41, 5.74) is 2.46. The minimum absolute atomic E-state index is 0.0137. The molecule has 1 saturated heterocycles. The number of nitrogens with zero attached hydrogens (tertiary/aromatic N) is 1. The molecule has 2 aromatic rings. The molecular weight excluding hydrogens is 296 g/mol. The molecule has 1 aliphatic heterocycles. The van der Waals surface area contributed by atoms with E-state index in [-0.39, 0.29) is 11.9 Å². The van der Waals surface area contributed by atoms with Gasteiger partial charge in [0, 0.05) is 17.5 Å². The van der Waals surface area contributed by atoms with E-state index in [4.69, 9.17) is 4.74 Å². The first-order chi connectivity index (χ1) is 10.5. The molecule has 2 heterocycles. The summed E-state index contributed by atoms with van der Waals surface area (Å²) in [7, 11) is 0. The molecule has 4 nitrogen and oxygen atoms in total. The lowest BCUT2D eigenvalue weighted by atomic mass is 9.92. The van der Waals surface area contributed by atoms with Crippen LogP contribution in [0.4, 0.5) is 10.8 Å². The average Bonchev–Trinajstić information content (AvgIpc) is 3.07. The van der Waals surface area contributed by atoms with Crippen molar-refractivity contribution in [3.05, 3.63) is 40.9 Å². The molecule has 1 N–H and O–H groups in total. The van der Waals surface area contributed by atoms with Crippen molar-refractivity contribution in [2.75, 3.05) is 5.32 Å². The van der Waals surface area contributed by atoms with E-state index in [0.717, 1.165) is 22.9 Å². The highest BCUT2D eigenvalue weighted by atomic mass is 32.1. The maximum atomic E-state index is 11.9. The fourth-order valence-corrected chi connectivity index (χ4v) is 3.56. The number of aryl methyl sites for hydroxylation is 1. The fourth-order valence-electron chi connectivity index (χ4n) is 2.70. The van der Waals surface area contributed by atoms with Crippen molar-refractivity contribution in [3.63, 3.8) is 0 Å². The van der Waals surface area contributed by atoms with Crippen LogP contribution in [0.2, 0.25) is 0 Å². The standard InChI is InChI=1S/C17H20N2O2S/c1-4-12-9-17(3,21-15(12)20)14-10-22-16(19-14)18-13-7-5-11(2)6-8-13/h5-8,10,12H,4,9H2,1-3H3,(H,18,19)/t12-,17+/m1/s1. The Kier molecular flexibility index (Phi) is 3.91. The number of thiazole rings is 1. The van der Waals surface area contributed by atoms with Crippen molar-refractivity contribution in [3.8, 4) is 0 Å². The smallest absolute Gasteiger partial charge is 0.310 e. The van der Waals surface area contributed by atoms with E-state index in [1.54, 1.807) is 0 Å². The second-order valence-electron chi connectivity index (χ2n) is 5.99. The van der Waals surface area contributed by atoms with Gasteiger partial charge in [-0.15, -0.1) is 11.3 Å². The van der Waals surface area contributed by atoms with Gasteiger partial charge in [-0.3, -0.25) is 4.79 Å². The van der Waals surface area contributed by atoms with Gasteiger partial charge in [0.1, 0.15) is 0 Å². The first kappa shape index (κ1) is 15.0. The van der Waals surface area contributed by atoms with E-state index in [2.05, 4.69) is 29.4 Å². The molecule has 0 radical (unpaired) electrons. The van der Waals surface area contributed by atoms with Crippen molar-refractivity contribution in [1.82, 2.24) is 4.98 Å². The number of rotatable bonds is 4. The van der Waals surface area contributed by atoms with Gasteiger partial charge in [0.05, 0.1) is 11.6 Å². The Hall–Kier alpha value is -1.88. The summed E-state index contributed by atoms with van der Waals surface area (Å²) in [6.45, 7) is 6.03. The van der Waals surface area contributed by atoms with Crippen molar-refractivity contribution < 1.29 is 9.53 Å². The number of benzene rings is 1. The SMILES string of the molecule is CC[C@@H]1C[C@@](C)(c2csc(Nc3ccc(C)cc3)n2)OC1=O. The molecule has 0 spiro atoms. The summed E-state index contributed by atoms with van der Waals surface area (Å²) in [5.74, 6) is -0.119. The molecule has 0 saturated carbocycles. The van der Waals surface area contributed by atoms with Crippen LogP contribution < -0.4 is 5.32 Å². The Morgan fingerprint density at radius 3 is 2.77 bits per heavy atom. The maximum absolute atomic E-state index is 11.9. The van der Waals surface area contributed by atoms with Gasteiger partial charge in [-0.2, -0.15) is 0 Å². The Balaban J connectivity index is 1.76. The van der Waals surface area contributed by atoms with Crippen LogP contribution in [0.15, 0.2) is 29.6 Å². The molecular formula is C17H20N2O2S. The first-order valence-corrected chi connectivity index (χ1v) is 8.40. The number of aromatic nitrogens is 1. The lowest BCUT2D eigenvalue weighted by molar-refractivity contribution is -0.150.